The van der Waals surface area contributed by atoms with Crippen LogP contribution in [0, 0.1) is 0 Å². The van der Waals surface area contributed by atoms with Crippen molar-refractivity contribution < 1.29 is 4.74 Å². The van der Waals surface area contributed by atoms with Crippen LogP contribution in [0.15, 0.2) is 0 Å². The molecule has 0 amide bonds. The van der Waals surface area contributed by atoms with Gasteiger partial charge in [0.05, 0.1) is 6.10 Å². The summed E-state index contributed by atoms with van der Waals surface area (Å²) in [5.74, 6) is 0. The first kappa shape index (κ1) is 7.56. The average molecular weight is 155 g/mol. The molecule has 0 aromatic heterocycles. The predicted octanol–water partition coefficient (Wildman–Crippen LogP) is 1.26. The van der Waals surface area contributed by atoms with Gasteiger partial charge in [-0.2, -0.15) is 0 Å². The Morgan fingerprint density at radius 3 is 3.00 bits per heavy atom. The number of nitrogens with zero attached hydrogens (tertiary/aromatic N) is 1. The first-order valence-electron chi connectivity index (χ1n) is 4.52. The summed E-state index contributed by atoms with van der Waals surface area (Å²) in [6.07, 6.45) is 4.49. The van der Waals surface area contributed by atoms with E-state index in [1.165, 1.54) is 25.8 Å². The molecular formula is C9H17NO. The average Bonchev–Trinajstić information content (AvgIpc) is 2.42. The lowest BCUT2D eigenvalue weighted by Gasteiger charge is -2.26. The Kier molecular flexibility index (Phi) is 1.69. The van der Waals surface area contributed by atoms with Crippen LogP contribution in [0.3, 0.4) is 0 Å². The molecule has 2 saturated heterocycles. The van der Waals surface area contributed by atoms with Crippen molar-refractivity contribution in [1.29, 1.82) is 0 Å². The van der Waals surface area contributed by atoms with Crippen LogP contribution in [-0.2, 0) is 4.74 Å². The Morgan fingerprint density at radius 1 is 1.55 bits per heavy atom. The summed E-state index contributed by atoms with van der Waals surface area (Å²) >= 11 is 0. The molecule has 0 saturated carbocycles. The number of ether oxygens (including phenoxy) is 1. The van der Waals surface area contributed by atoms with Crippen molar-refractivity contribution in [3.8, 4) is 0 Å². The third kappa shape index (κ3) is 1.09. The van der Waals surface area contributed by atoms with Crippen molar-refractivity contribution in [3.05, 3.63) is 0 Å². The van der Waals surface area contributed by atoms with Crippen LogP contribution in [0.25, 0.3) is 0 Å². The predicted molar refractivity (Wildman–Crippen MR) is 44.6 cm³/mol. The smallest absolute Gasteiger partial charge is 0.0715 e. The standard InChI is InChI=1S/C9H17NO/c1-9-4-3-5-10(9)7-8(6-9)11-2/h8H,3-7H2,1-2H3/t8-,9-/m0/s1. The first-order valence-corrected chi connectivity index (χ1v) is 4.52. The van der Waals surface area contributed by atoms with Crippen molar-refractivity contribution in [2.45, 2.75) is 37.8 Å². The number of hydrogen-bond donors (Lipinski definition) is 0. The second-order valence-corrected chi connectivity index (χ2v) is 4.11. The van der Waals surface area contributed by atoms with Crippen LogP contribution in [0.2, 0.25) is 0 Å². The lowest BCUT2D eigenvalue weighted by molar-refractivity contribution is 0.107. The molecule has 0 aromatic rings. The van der Waals surface area contributed by atoms with Gasteiger partial charge in [0.25, 0.3) is 0 Å². The number of hydrogen-bond acceptors (Lipinski definition) is 2. The molecule has 0 aliphatic carbocycles. The molecule has 64 valence electrons. The molecule has 0 spiro atoms. The minimum atomic E-state index is 0.487. The lowest BCUT2D eigenvalue weighted by atomic mass is 9.96. The van der Waals surface area contributed by atoms with E-state index in [0.29, 0.717) is 11.6 Å². The summed E-state index contributed by atoms with van der Waals surface area (Å²) in [6, 6.07) is 0. The van der Waals surface area contributed by atoms with Gasteiger partial charge in [-0.25, -0.2) is 0 Å². The molecule has 0 aromatic carbocycles. The van der Waals surface area contributed by atoms with E-state index in [2.05, 4.69) is 11.8 Å². The van der Waals surface area contributed by atoms with Gasteiger partial charge in [0.15, 0.2) is 0 Å². The van der Waals surface area contributed by atoms with Gasteiger partial charge < -0.3 is 4.74 Å². The maximum atomic E-state index is 5.37. The van der Waals surface area contributed by atoms with Crippen molar-refractivity contribution in [1.82, 2.24) is 4.90 Å². The minimum Gasteiger partial charge on any atom is -0.380 e. The summed E-state index contributed by atoms with van der Waals surface area (Å²) in [6.45, 7) is 4.82. The minimum absolute atomic E-state index is 0.487. The van der Waals surface area contributed by atoms with Crippen LogP contribution in [0.1, 0.15) is 26.2 Å². The van der Waals surface area contributed by atoms with Gasteiger partial charge in [-0.15, -0.1) is 0 Å². The molecule has 2 rings (SSSR count). The van der Waals surface area contributed by atoms with Crippen LogP contribution in [-0.4, -0.2) is 36.7 Å². The van der Waals surface area contributed by atoms with Crippen LogP contribution >= 0.6 is 0 Å². The lowest BCUT2D eigenvalue weighted by Crippen LogP contribution is -2.34. The Bertz CT molecular complexity index is 160. The number of fused-ring (bicyclic) bond motifs is 1. The molecule has 0 bridgehead atoms. The third-order valence-electron chi connectivity index (χ3n) is 3.33. The monoisotopic (exact) mass is 155 g/mol. The van der Waals surface area contributed by atoms with E-state index in [1.54, 1.807) is 0 Å². The largest absolute Gasteiger partial charge is 0.380 e. The highest BCUT2D eigenvalue weighted by molar-refractivity contribution is 5.00. The zero-order valence-electron chi connectivity index (χ0n) is 7.47. The van der Waals surface area contributed by atoms with Gasteiger partial charge in [0, 0.05) is 19.2 Å². The third-order valence-corrected chi connectivity index (χ3v) is 3.33. The van der Waals surface area contributed by atoms with E-state index >= 15 is 0 Å². The fourth-order valence-corrected chi connectivity index (χ4v) is 2.58. The molecule has 0 radical (unpaired) electrons. The first-order chi connectivity index (χ1) is 5.24. The molecule has 2 nitrogen and oxygen atoms in total. The van der Waals surface area contributed by atoms with Crippen molar-refractivity contribution in [3.63, 3.8) is 0 Å². The highest BCUT2D eigenvalue weighted by Crippen LogP contribution is 2.38. The quantitative estimate of drug-likeness (QED) is 0.565. The van der Waals surface area contributed by atoms with Gasteiger partial charge in [-0.3, -0.25) is 4.90 Å². The van der Waals surface area contributed by atoms with E-state index in [1.807, 2.05) is 7.11 Å². The SMILES string of the molecule is CO[C@@H]1CN2CCC[C@@]2(C)C1. The van der Waals surface area contributed by atoms with Crippen LogP contribution in [0.4, 0.5) is 0 Å². The second-order valence-electron chi connectivity index (χ2n) is 4.11. The Morgan fingerprint density at radius 2 is 2.36 bits per heavy atom. The second kappa shape index (κ2) is 2.46. The number of methoxy groups -OCH3 is 1. The maximum Gasteiger partial charge on any atom is 0.0715 e. The van der Waals surface area contributed by atoms with Crippen LogP contribution in [0.5, 0.6) is 0 Å². The highest BCUT2D eigenvalue weighted by atomic mass is 16.5. The summed E-state index contributed by atoms with van der Waals surface area (Å²) in [7, 11) is 1.83. The van der Waals surface area contributed by atoms with Gasteiger partial charge in [0.2, 0.25) is 0 Å². The molecule has 2 heterocycles. The zero-order chi connectivity index (χ0) is 7.90. The van der Waals surface area contributed by atoms with Gasteiger partial charge in [-0.1, -0.05) is 0 Å². The molecule has 2 fully saturated rings. The van der Waals surface area contributed by atoms with Crippen molar-refractivity contribution in [2.75, 3.05) is 20.2 Å². The molecule has 2 heteroatoms. The topological polar surface area (TPSA) is 12.5 Å². The Labute approximate surface area is 68.5 Å². The highest BCUT2D eigenvalue weighted by Gasteiger charge is 2.44. The molecule has 2 aliphatic heterocycles. The molecule has 11 heavy (non-hydrogen) atoms. The molecule has 0 unspecified atom stereocenters. The van der Waals surface area contributed by atoms with E-state index in [-0.39, 0.29) is 0 Å². The molecule has 0 N–H and O–H groups in total. The molecule has 2 aliphatic rings. The molecular weight excluding hydrogens is 138 g/mol. The zero-order valence-corrected chi connectivity index (χ0v) is 7.47. The maximum absolute atomic E-state index is 5.37. The van der Waals surface area contributed by atoms with Crippen LogP contribution < -0.4 is 0 Å². The summed E-state index contributed by atoms with van der Waals surface area (Å²) < 4.78 is 5.37. The van der Waals surface area contributed by atoms with Gasteiger partial charge >= 0.3 is 0 Å². The van der Waals surface area contributed by atoms with E-state index in [9.17, 15) is 0 Å². The van der Waals surface area contributed by atoms with E-state index in [4.69, 9.17) is 4.74 Å². The van der Waals surface area contributed by atoms with E-state index in [0.717, 1.165) is 6.54 Å². The van der Waals surface area contributed by atoms with Crippen molar-refractivity contribution >= 4 is 0 Å². The van der Waals surface area contributed by atoms with E-state index < -0.39 is 0 Å². The number of rotatable bonds is 1. The Balaban J connectivity index is 2.06. The summed E-state index contributed by atoms with van der Waals surface area (Å²) in [5.41, 5.74) is 0.487. The Hall–Kier alpha value is -0.0800. The van der Waals surface area contributed by atoms with Gasteiger partial charge in [0.1, 0.15) is 0 Å². The fourth-order valence-electron chi connectivity index (χ4n) is 2.58. The fraction of sp³-hybridized carbons (Fsp3) is 1.00. The van der Waals surface area contributed by atoms with Gasteiger partial charge in [-0.05, 0) is 32.7 Å². The molecule has 2 atom stereocenters. The normalized spacial score (nSPS) is 44.7. The van der Waals surface area contributed by atoms with Crippen molar-refractivity contribution in [2.24, 2.45) is 0 Å². The summed E-state index contributed by atoms with van der Waals surface area (Å²) in [5, 5.41) is 0. The summed E-state index contributed by atoms with van der Waals surface area (Å²) in [4.78, 5) is 2.58.